The van der Waals surface area contributed by atoms with E-state index < -0.39 is 0 Å². The largest absolute Gasteiger partial charge is 0.493 e. The van der Waals surface area contributed by atoms with E-state index in [1.807, 2.05) is 47.8 Å². The molecular formula is C25H31N3O4S. The molecule has 0 bridgehead atoms. The molecule has 1 N–H and O–H groups in total. The molecule has 3 rings (SSSR count). The van der Waals surface area contributed by atoms with Crippen molar-refractivity contribution in [1.82, 2.24) is 9.88 Å². The van der Waals surface area contributed by atoms with Crippen LogP contribution in [0.5, 0.6) is 17.2 Å². The Morgan fingerprint density at radius 3 is 2.52 bits per heavy atom. The molecule has 0 atom stereocenters. The third kappa shape index (κ3) is 6.69. The van der Waals surface area contributed by atoms with Gasteiger partial charge in [0, 0.05) is 17.5 Å². The molecule has 7 nitrogen and oxygen atoms in total. The summed E-state index contributed by atoms with van der Waals surface area (Å²) in [4.78, 5) is 19.6. The van der Waals surface area contributed by atoms with Crippen molar-refractivity contribution in [3.8, 4) is 27.8 Å². The number of nitrogens with zero attached hydrogens (tertiary/aromatic N) is 2. The number of nitrogens with one attached hydrogen (secondary N) is 1. The van der Waals surface area contributed by atoms with Crippen LogP contribution in [-0.4, -0.2) is 56.3 Å². The number of thiazole rings is 1. The Hall–Kier alpha value is -3.10. The molecule has 0 saturated heterocycles. The lowest BCUT2D eigenvalue weighted by Gasteiger charge is -2.19. The van der Waals surface area contributed by atoms with Gasteiger partial charge in [-0.15, -0.1) is 11.3 Å². The molecule has 0 aliphatic carbocycles. The van der Waals surface area contributed by atoms with Gasteiger partial charge in [-0.3, -0.25) is 4.79 Å². The van der Waals surface area contributed by atoms with E-state index in [4.69, 9.17) is 14.2 Å². The summed E-state index contributed by atoms with van der Waals surface area (Å²) in [6, 6.07) is 13.2. The highest BCUT2D eigenvalue weighted by atomic mass is 32.1. The van der Waals surface area contributed by atoms with Crippen LogP contribution in [0.3, 0.4) is 0 Å². The monoisotopic (exact) mass is 469 g/mol. The molecule has 33 heavy (non-hydrogen) atoms. The Labute approximate surface area is 199 Å². The summed E-state index contributed by atoms with van der Waals surface area (Å²) >= 11 is 1.49. The number of benzene rings is 2. The number of anilines is 1. The fourth-order valence-corrected chi connectivity index (χ4v) is 4.19. The molecule has 0 aliphatic heterocycles. The van der Waals surface area contributed by atoms with Crippen LogP contribution >= 0.6 is 11.3 Å². The van der Waals surface area contributed by atoms with Gasteiger partial charge in [0.1, 0.15) is 17.4 Å². The smallest absolute Gasteiger partial charge is 0.230 e. The summed E-state index contributed by atoms with van der Waals surface area (Å²) < 4.78 is 16.6. The maximum Gasteiger partial charge on any atom is 0.230 e. The van der Waals surface area contributed by atoms with Gasteiger partial charge in [-0.2, -0.15) is 0 Å². The molecule has 0 unspecified atom stereocenters. The summed E-state index contributed by atoms with van der Waals surface area (Å²) in [5.74, 6) is 1.83. The summed E-state index contributed by atoms with van der Waals surface area (Å²) in [7, 11) is 3.20. The first-order valence-corrected chi connectivity index (χ1v) is 11.9. The van der Waals surface area contributed by atoms with Crippen molar-refractivity contribution in [2.24, 2.45) is 0 Å². The number of para-hydroxylation sites is 2. The minimum atomic E-state index is -0.140. The lowest BCUT2D eigenvalue weighted by Crippen LogP contribution is -2.28. The van der Waals surface area contributed by atoms with Gasteiger partial charge >= 0.3 is 0 Å². The van der Waals surface area contributed by atoms with Crippen molar-refractivity contribution in [3.05, 3.63) is 53.5 Å². The van der Waals surface area contributed by atoms with Crippen LogP contribution in [0.1, 0.15) is 19.5 Å². The number of aromatic nitrogens is 1. The van der Waals surface area contributed by atoms with E-state index in [1.54, 1.807) is 14.2 Å². The molecule has 8 heteroatoms. The highest BCUT2D eigenvalue weighted by molar-refractivity contribution is 7.13. The first-order chi connectivity index (χ1) is 16.1. The molecule has 3 aromatic rings. The number of methoxy groups -OCH3 is 2. The van der Waals surface area contributed by atoms with Crippen molar-refractivity contribution in [1.29, 1.82) is 0 Å². The number of likely N-dealkylation sites (N-methyl/N-ethyl adjacent to an activating group) is 1. The molecule has 2 aromatic carbocycles. The molecule has 0 saturated carbocycles. The molecule has 176 valence electrons. The number of carbonyl (C=O) groups excluding carboxylic acids is 1. The van der Waals surface area contributed by atoms with E-state index in [1.165, 1.54) is 11.3 Å². The number of rotatable bonds is 12. The predicted molar refractivity (Wildman–Crippen MR) is 133 cm³/mol. The van der Waals surface area contributed by atoms with Gasteiger partial charge in [-0.25, -0.2) is 4.98 Å². The van der Waals surface area contributed by atoms with Crippen LogP contribution in [0.4, 0.5) is 5.69 Å². The summed E-state index contributed by atoms with van der Waals surface area (Å²) in [6.45, 7) is 7.64. The third-order valence-corrected chi connectivity index (χ3v) is 6.18. The Kier molecular flexibility index (Phi) is 9.09. The Morgan fingerprint density at radius 2 is 1.79 bits per heavy atom. The normalized spacial score (nSPS) is 10.8. The number of carbonyl (C=O) groups is 1. The van der Waals surface area contributed by atoms with Crippen LogP contribution in [0.15, 0.2) is 47.8 Å². The highest BCUT2D eigenvalue weighted by Gasteiger charge is 2.13. The first kappa shape index (κ1) is 24.5. The first-order valence-electron chi connectivity index (χ1n) is 11.0. The summed E-state index contributed by atoms with van der Waals surface area (Å²) in [5, 5.41) is 5.68. The molecule has 0 aliphatic rings. The zero-order valence-corrected chi connectivity index (χ0v) is 20.4. The molecule has 1 aromatic heterocycles. The lowest BCUT2D eigenvalue weighted by atomic mass is 10.2. The number of ether oxygens (including phenoxy) is 3. The van der Waals surface area contributed by atoms with Crippen LogP contribution < -0.4 is 19.5 Å². The van der Waals surface area contributed by atoms with Crippen molar-refractivity contribution >= 4 is 22.9 Å². The van der Waals surface area contributed by atoms with Crippen molar-refractivity contribution in [2.75, 3.05) is 45.8 Å². The van der Waals surface area contributed by atoms with Crippen LogP contribution in [0, 0.1) is 0 Å². The topological polar surface area (TPSA) is 72.9 Å². The Morgan fingerprint density at radius 1 is 1.03 bits per heavy atom. The number of hydrogen-bond donors (Lipinski definition) is 1. The van der Waals surface area contributed by atoms with E-state index in [9.17, 15) is 4.79 Å². The fraction of sp³-hybridized carbons (Fsp3) is 0.360. The standard InChI is InChI=1S/C25H31N3O4S/c1-5-28(6-2)13-14-32-21-10-8-7-9-20(21)27-24(29)16-19-17-33-25(26-19)18-11-12-22(30-3)23(15-18)31-4/h7-12,15,17H,5-6,13-14,16H2,1-4H3,(H,27,29). The second-order valence-corrected chi connectivity index (χ2v) is 8.17. The van der Waals surface area contributed by atoms with Crippen molar-refractivity contribution in [3.63, 3.8) is 0 Å². The zero-order chi connectivity index (χ0) is 23.6. The Balaban J connectivity index is 1.62. The Bertz CT molecular complexity index is 1050. The van der Waals surface area contributed by atoms with E-state index in [-0.39, 0.29) is 12.3 Å². The van der Waals surface area contributed by atoms with E-state index in [0.29, 0.717) is 35.2 Å². The van der Waals surface area contributed by atoms with E-state index in [2.05, 4.69) is 29.0 Å². The minimum absolute atomic E-state index is 0.140. The van der Waals surface area contributed by atoms with Crippen LogP contribution in [0.2, 0.25) is 0 Å². The molecule has 1 amide bonds. The molecule has 0 spiro atoms. The average Bonchev–Trinajstić information content (AvgIpc) is 3.30. The summed E-state index contributed by atoms with van der Waals surface area (Å²) in [6.07, 6.45) is 0.178. The number of hydrogen-bond acceptors (Lipinski definition) is 7. The molecule has 1 heterocycles. The highest BCUT2D eigenvalue weighted by Crippen LogP contribution is 2.33. The van der Waals surface area contributed by atoms with Gasteiger partial charge in [-0.1, -0.05) is 26.0 Å². The van der Waals surface area contributed by atoms with Gasteiger partial charge in [0.15, 0.2) is 11.5 Å². The van der Waals surface area contributed by atoms with E-state index in [0.717, 1.165) is 30.2 Å². The fourth-order valence-electron chi connectivity index (χ4n) is 3.37. The predicted octanol–water partition coefficient (Wildman–Crippen LogP) is 4.73. The lowest BCUT2D eigenvalue weighted by molar-refractivity contribution is -0.115. The summed E-state index contributed by atoms with van der Waals surface area (Å²) in [5.41, 5.74) is 2.29. The SMILES string of the molecule is CCN(CC)CCOc1ccccc1NC(=O)Cc1csc(-c2ccc(OC)c(OC)c2)n1. The molecule has 0 fully saturated rings. The maximum absolute atomic E-state index is 12.7. The number of amides is 1. The van der Waals surface area contributed by atoms with Gasteiger partial charge in [-0.05, 0) is 43.4 Å². The van der Waals surface area contributed by atoms with Gasteiger partial charge in [0.25, 0.3) is 0 Å². The average molecular weight is 470 g/mol. The minimum Gasteiger partial charge on any atom is -0.493 e. The third-order valence-electron chi connectivity index (χ3n) is 5.24. The van der Waals surface area contributed by atoms with Crippen LogP contribution in [-0.2, 0) is 11.2 Å². The quantitative estimate of drug-likeness (QED) is 0.413. The molecular weight excluding hydrogens is 438 g/mol. The molecule has 0 radical (unpaired) electrons. The van der Waals surface area contributed by atoms with Crippen LogP contribution in [0.25, 0.3) is 10.6 Å². The van der Waals surface area contributed by atoms with Crippen molar-refractivity contribution < 1.29 is 19.0 Å². The second-order valence-electron chi connectivity index (χ2n) is 7.31. The van der Waals surface area contributed by atoms with E-state index >= 15 is 0 Å². The van der Waals surface area contributed by atoms with Gasteiger partial charge in [0.05, 0.1) is 32.0 Å². The maximum atomic E-state index is 12.7. The van der Waals surface area contributed by atoms with Gasteiger partial charge in [0.2, 0.25) is 5.91 Å². The van der Waals surface area contributed by atoms with Gasteiger partial charge < -0.3 is 24.4 Å². The second kappa shape index (κ2) is 12.2. The zero-order valence-electron chi connectivity index (χ0n) is 19.6. The van der Waals surface area contributed by atoms with Crippen molar-refractivity contribution in [2.45, 2.75) is 20.3 Å².